The maximum Gasteiger partial charge on any atom is 0.407 e. The molecule has 0 saturated carbocycles. The van der Waals surface area contributed by atoms with Gasteiger partial charge in [0.05, 0.1) is 24.4 Å². The Bertz CT molecular complexity index is 1200. The van der Waals surface area contributed by atoms with Crippen molar-refractivity contribution in [2.75, 3.05) is 26.2 Å². The van der Waals surface area contributed by atoms with Gasteiger partial charge in [-0.15, -0.1) is 0 Å². The molecule has 3 fully saturated rings. The number of benzene rings is 2. The number of piperidine rings is 3. The molecule has 1 aromatic heterocycles. The van der Waals surface area contributed by atoms with Crippen molar-refractivity contribution in [1.29, 1.82) is 0 Å². The topological polar surface area (TPSA) is 76.6 Å². The van der Waals surface area contributed by atoms with Gasteiger partial charge in [0.1, 0.15) is 22.9 Å². The quantitative estimate of drug-likeness (QED) is 0.609. The lowest BCUT2D eigenvalue weighted by Crippen LogP contribution is -2.53. The number of nitrogens with one attached hydrogen (secondary N) is 1. The zero-order chi connectivity index (χ0) is 22.6. The van der Waals surface area contributed by atoms with E-state index in [0.717, 1.165) is 65.9 Å². The van der Waals surface area contributed by atoms with Crippen LogP contribution >= 0.6 is 11.7 Å². The Kier molecular flexibility index (Phi) is 5.03. The average Bonchev–Trinajstić information content (AvgIpc) is 3.29. The first-order valence-electron chi connectivity index (χ1n) is 11.7. The summed E-state index contributed by atoms with van der Waals surface area (Å²) < 4.78 is 20.7. The largest absolute Gasteiger partial charge is 0.493 e. The molecule has 0 radical (unpaired) electrons. The normalized spacial score (nSPS) is 27.6. The minimum Gasteiger partial charge on any atom is -0.493 e. The summed E-state index contributed by atoms with van der Waals surface area (Å²) in [6, 6.07) is 12.1. The first-order valence-corrected chi connectivity index (χ1v) is 12.4. The SMILES string of the molecule is CC1(C)COc2cc(-c3ccc4nsnc4c3)ccc2C1NC(=O)O[C@@H]1CN2CCC1CC2. The van der Waals surface area contributed by atoms with E-state index in [1.54, 1.807) is 0 Å². The summed E-state index contributed by atoms with van der Waals surface area (Å²) in [5.74, 6) is 1.29. The lowest BCUT2D eigenvalue weighted by atomic mass is 9.78. The molecular formula is C25H28N4O3S. The van der Waals surface area contributed by atoms with Crippen molar-refractivity contribution in [3.8, 4) is 16.9 Å². The second kappa shape index (κ2) is 7.95. The van der Waals surface area contributed by atoms with E-state index in [4.69, 9.17) is 9.47 Å². The fourth-order valence-corrected chi connectivity index (χ4v) is 5.93. The van der Waals surface area contributed by atoms with Gasteiger partial charge in [-0.25, -0.2) is 4.79 Å². The van der Waals surface area contributed by atoms with Gasteiger partial charge in [0, 0.05) is 17.5 Å². The maximum absolute atomic E-state index is 12.9. The zero-order valence-electron chi connectivity index (χ0n) is 18.9. The third-order valence-electron chi connectivity index (χ3n) is 7.41. The van der Waals surface area contributed by atoms with E-state index in [0.29, 0.717) is 12.5 Å². The van der Waals surface area contributed by atoms with E-state index in [-0.39, 0.29) is 23.7 Å². The van der Waals surface area contributed by atoms with Crippen LogP contribution in [0.2, 0.25) is 0 Å². The maximum atomic E-state index is 12.9. The molecular weight excluding hydrogens is 436 g/mol. The summed E-state index contributed by atoms with van der Waals surface area (Å²) in [5, 5.41) is 3.18. The second-order valence-electron chi connectivity index (χ2n) is 10.2. The molecule has 8 heteroatoms. The molecule has 5 heterocycles. The highest BCUT2D eigenvalue weighted by molar-refractivity contribution is 7.00. The van der Waals surface area contributed by atoms with E-state index < -0.39 is 0 Å². The van der Waals surface area contributed by atoms with E-state index in [9.17, 15) is 4.79 Å². The summed E-state index contributed by atoms with van der Waals surface area (Å²) in [6.07, 6.45) is 1.90. The molecule has 7 nitrogen and oxygen atoms in total. The van der Waals surface area contributed by atoms with Gasteiger partial charge < -0.3 is 14.8 Å². The van der Waals surface area contributed by atoms with Crippen molar-refractivity contribution in [3.63, 3.8) is 0 Å². The molecule has 2 bridgehead atoms. The first-order chi connectivity index (χ1) is 16.0. The number of hydrogen-bond donors (Lipinski definition) is 1. The Balaban J connectivity index is 1.23. The Morgan fingerprint density at radius 1 is 1.12 bits per heavy atom. The summed E-state index contributed by atoms with van der Waals surface area (Å²) in [5.41, 5.74) is 4.65. The number of fused-ring (bicyclic) bond motifs is 5. The molecule has 7 rings (SSSR count). The third kappa shape index (κ3) is 3.85. The van der Waals surface area contributed by atoms with Crippen LogP contribution in [0.15, 0.2) is 36.4 Å². The van der Waals surface area contributed by atoms with Gasteiger partial charge in [-0.1, -0.05) is 32.0 Å². The van der Waals surface area contributed by atoms with Gasteiger partial charge in [0.2, 0.25) is 0 Å². The van der Waals surface area contributed by atoms with Crippen LogP contribution in [-0.4, -0.2) is 52.1 Å². The van der Waals surface area contributed by atoms with Gasteiger partial charge >= 0.3 is 6.09 Å². The van der Waals surface area contributed by atoms with Crippen LogP contribution in [0.3, 0.4) is 0 Å². The Morgan fingerprint density at radius 3 is 2.67 bits per heavy atom. The Labute approximate surface area is 197 Å². The number of ether oxygens (including phenoxy) is 2. The fraction of sp³-hybridized carbons (Fsp3) is 0.480. The van der Waals surface area contributed by atoms with Crippen molar-refractivity contribution in [3.05, 3.63) is 42.0 Å². The lowest BCUT2D eigenvalue weighted by molar-refractivity contribution is -0.0361. The average molecular weight is 465 g/mol. The molecule has 1 amide bonds. The number of alkyl carbamates (subject to hydrolysis) is 1. The van der Waals surface area contributed by atoms with E-state index in [1.165, 1.54) is 11.7 Å². The molecule has 4 aliphatic heterocycles. The lowest BCUT2D eigenvalue weighted by Gasteiger charge is -2.44. The molecule has 3 saturated heterocycles. The first kappa shape index (κ1) is 20.9. The van der Waals surface area contributed by atoms with Crippen molar-refractivity contribution >= 4 is 28.9 Å². The molecule has 2 atom stereocenters. The molecule has 1 N–H and O–H groups in total. The molecule has 0 spiro atoms. The smallest absolute Gasteiger partial charge is 0.407 e. The van der Waals surface area contributed by atoms with Gasteiger partial charge in [-0.3, -0.25) is 4.90 Å². The molecule has 4 aliphatic rings. The van der Waals surface area contributed by atoms with Crippen LogP contribution in [0.1, 0.15) is 38.3 Å². The number of carbonyl (C=O) groups is 1. The molecule has 172 valence electrons. The van der Waals surface area contributed by atoms with Gasteiger partial charge in [0.25, 0.3) is 0 Å². The van der Waals surface area contributed by atoms with Crippen LogP contribution in [0.5, 0.6) is 5.75 Å². The van der Waals surface area contributed by atoms with E-state index in [2.05, 4.69) is 57.1 Å². The summed E-state index contributed by atoms with van der Waals surface area (Å²) in [4.78, 5) is 15.3. The van der Waals surface area contributed by atoms with Crippen LogP contribution in [0, 0.1) is 11.3 Å². The highest BCUT2D eigenvalue weighted by atomic mass is 32.1. The van der Waals surface area contributed by atoms with Crippen LogP contribution in [0.25, 0.3) is 22.2 Å². The Morgan fingerprint density at radius 2 is 1.88 bits per heavy atom. The van der Waals surface area contributed by atoms with Crippen molar-refractivity contribution in [1.82, 2.24) is 19.0 Å². The molecule has 33 heavy (non-hydrogen) atoms. The number of nitrogens with zero attached hydrogens (tertiary/aromatic N) is 3. The minimum atomic E-state index is -0.328. The highest BCUT2D eigenvalue weighted by Crippen LogP contribution is 2.44. The molecule has 3 aromatic rings. The minimum absolute atomic E-state index is 0.00702. The van der Waals surface area contributed by atoms with Gasteiger partial charge in [0.15, 0.2) is 0 Å². The van der Waals surface area contributed by atoms with Gasteiger partial charge in [-0.05, 0) is 61.2 Å². The predicted molar refractivity (Wildman–Crippen MR) is 127 cm³/mol. The van der Waals surface area contributed by atoms with Crippen LogP contribution < -0.4 is 10.1 Å². The third-order valence-corrected chi connectivity index (χ3v) is 7.97. The van der Waals surface area contributed by atoms with E-state index >= 15 is 0 Å². The molecule has 2 aromatic carbocycles. The standard InChI is InChI=1S/C25H28N4O3S/c1-25(2)14-31-21-12-17(16-4-6-19-20(11-16)28-33-27-19)3-5-18(21)23(25)26-24(30)32-22-13-29-9-7-15(22)8-10-29/h3-6,11-12,15,22-23H,7-10,13-14H2,1-2H3,(H,26,30)/t22-,23?/m1/s1. The van der Waals surface area contributed by atoms with Gasteiger partial charge in [-0.2, -0.15) is 8.75 Å². The number of carbonyl (C=O) groups excluding carboxylic acids is 1. The molecule has 1 unspecified atom stereocenters. The van der Waals surface area contributed by atoms with E-state index in [1.807, 2.05) is 12.1 Å². The van der Waals surface area contributed by atoms with Crippen molar-refractivity contribution in [2.24, 2.45) is 11.3 Å². The second-order valence-corrected chi connectivity index (χ2v) is 10.7. The number of hydrogen-bond acceptors (Lipinski definition) is 7. The predicted octanol–water partition coefficient (Wildman–Crippen LogP) is 4.64. The summed E-state index contributed by atoms with van der Waals surface area (Å²) >= 11 is 1.22. The summed E-state index contributed by atoms with van der Waals surface area (Å²) in [6.45, 7) is 7.86. The Hall–Kier alpha value is -2.71. The summed E-state index contributed by atoms with van der Waals surface area (Å²) in [7, 11) is 0. The monoisotopic (exact) mass is 464 g/mol. The van der Waals surface area contributed by atoms with Crippen LogP contribution in [-0.2, 0) is 4.74 Å². The fourth-order valence-electron chi connectivity index (χ4n) is 5.41. The highest BCUT2D eigenvalue weighted by Gasteiger charge is 2.41. The number of amides is 1. The zero-order valence-corrected chi connectivity index (χ0v) is 19.7. The molecule has 0 aliphatic carbocycles. The number of aromatic nitrogens is 2. The number of rotatable bonds is 3. The van der Waals surface area contributed by atoms with Crippen molar-refractivity contribution in [2.45, 2.75) is 38.8 Å². The van der Waals surface area contributed by atoms with Crippen molar-refractivity contribution < 1.29 is 14.3 Å². The van der Waals surface area contributed by atoms with Crippen LogP contribution in [0.4, 0.5) is 4.79 Å².